The highest BCUT2D eigenvalue weighted by atomic mass is 32.1. The van der Waals surface area contributed by atoms with E-state index in [1.165, 1.54) is 5.56 Å². The number of nitrogens with zero attached hydrogens (tertiary/aromatic N) is 2. The van der Waals surface area contributed by atoms with Gasteiger partial charge in [0.15, 0.2) is 0 Å². The fourth-order valence-corrected chi connectivity index (χ4v) is 3.83. The molecule has 1 aliphatic rings. The lowest BCUT2D eigenvalue weighted by molar-refractivity contribution is -0.140. The maximum absolute atomic E-state index is 12.4. The van der Waals surface area contributed by atoms with Crippen molar-refractivity contribution in [2.75, 3.05) is 13.1 Å². The number of benzene rings is 1. The average molecular weight is 314 g/mol. The Hall–Kier alpha value is -1.68. The van der Waals surface area contributed by atoms with Gasteiger partial charge in [-0.05, 0) is 11.5 Å². The summed E-state index contributed by atoms with van der Waals surface area (Å²) in [6.07, 6.45) is 3.12. The van der Waals surface area contributed by atoms with E-state index in [1.807, 2.05) is 16.3 Å². The van der Waals surface area contributed by atoms with Crippen molar-refractivity contribution in [3.05, 3.63) is 52.5 Å². The number of likely N-dealkylation sites (tertiary alicyclic amines) is 1. The Morgan fingerprint density at radius 3 is 2.64 bits per heavy atom. The molecular formula is C18H22N2OS. The van der Waals surface area contributed by atoms with Gasteiger partial charge in [-0.1, -0.05) is 44.2 Å². The highest BCUT2D eigenvalue weighted by Crippen LogP contribution is 2.41. The first-order valence-corrected chi connectivity index (χ1v) is 8.71. The number of aromatic nitrogens is 1. The van der Waals surface area contributed by atoms with Crippen molar-refractivity contribution in [2.45, 2.75) is 32.1 Å². The van der Waals surface area contributed by atoms with Crippen molar-refractivity contribution in [3.8, 4) is 0 Å². The lowest BCUT2D eigenvalue weighted by atomic mass is 9.66. The lowest BCUT2D eigenvalue weighted by Crippen LogP contribution is -2.63. The molecule has 1 aromatic carbocycles. The molecule has 0 aliphatic carbocycles. The third-order valence-electron chi connectivity index (χ3n) is 4.79. The van der Waals surface area contributed by atoms with Crippen LogP contribution in [0.4, 0.5) is 0 Å². The Labute approximate surface area is 136 Å². The summed E-state index contributed by atoms with van der Waals surface area (Å²) in [4.78, 5) is 18.6. The van der Waals surface area contributed by atoms with Gasteiger partial charge in [-0.3, -0.25) is 4.79 Å². The minimum absolute atomic E-state index is 0.123. The molecule has 3 rings (SSSR count). The molecule has 0 spiro atoms. The third kappa shape index (κ3) is 2.80. The second-order valence-electron chi connectivity index (χ2n) is 6.35. The van der Waals surface area contributed by atoms with E-state index in [4.69, 9.17) is 0 Å². The number of thiazole rings is 1. The number of carbonyl (C=O) groups is 1. The Morgan fingerprint density at radius 1 is 1.32 bits per heavy atom. The van der Waals surface area contributed by atoms with Crippen molar-refractivity contribution in [1.82, 2.24) is 9.88 Å². The van der Waals surface area contributed by atoms with E-state index >= 15 is 0 Å². The summed E-state index contributed by atoms with van der Waals surface area (Å²) in [5.41, 5.74) is 1.48. The Kier molecular flexibility index (Phi) is 4.30. The summed E-state index contributed by atoms with van der Waals surface area (Å²) in [6, 6.07) is 10.6. The highest BCUT2D eigenvalue weighted by molar-refractivity contribution is 7.09. The van der Waals surface area contributed by atoms with Crippen LogP contribution < -0.4 is 0 Å². The monoisotopic (exact) mass is 314 g/mol. The lowest BCUT2D eigenvalue weighted by Gasteiger charge is -2.53. The smallest absolute Gasteiger partial charge is 0.223 e. The molecule has 0 atom stereocenters. The molecule has 0 bridgehead atoms. The zero-order chi connectivity index (χ0) is 15.6. The van der Waals surface area contributed by atoms with E-state index in [0.717, 1.165) is 24.5 Å². The fourth-order valence-electron chi connectivity index (χ4n) is 3.21. The highest BCUT2D eigenvalue weighted by Gasteiger charge is 2.48. The predicted octanol–water partition coefficient (Wildman–Crippen LogP) is 3.51. The van der Waals surface area contributed by atoms with Gasteiger partial charge in [0.05, 0.1) is 5.01 Å². The molecule has 3 nitrogen and oxygen atoms in total. The molecule has 2 heterocycles. The quantitative estimate of drug-likeness (QED) is 0.846. The van der Waals surface area contributed by atoms with Gasteiger partial charge >= 0.3 is 0 Å². The van der Waals surface area contributed by atoms with Gasteiger partial charge in [0, 0.05) is 42.9 Å². The SMILES string of the molecule is CC(C)C1(c2ccccc2)CN(C(=O)CCc2nccs2)C1. The number of hydrogen-bond acceptors (Lipinski definition) is 3. The molecule has 1 aromatic heterocycles. The minimum Gasteiger partial charge on any atom is -0.341 e. The van der Waals surface area contributed by atoms with Crippen LogP contribution in [-0.4, -0.2) is 28.9 Å². The van der Waals surface area contributed by atoms with Crippen molar-refractivity contribution >= 4 is 17.2 Å². The van der Waals surface area contributed by atoms with Crippen LogP contribution in [0.2, 0.25) is 0 Å². The Balaban J connectivity index is 1.62. The molecule has 1 aliphatic heterocycles. The van der Waals surface area contributed by atoms with Crippen LogP contribution in [0.15, 0.2) is 41.9 Å². The Bertz CT molecular complexity index is 616. The van der Waals surface area contributed by atoms with E-state index in [0.29, 0.717) is 12.3 Å². The number of amides is 1. The summed E-state index contributed by atoms with van der Waals surface area (Å²) in [5, 5.41) is 3.01. The molecule has 1 fully saturated rings. The maximum Gasteiger partial charge on any atom is 0.223 e. The molecule has 1 saturated heterocycles. The van der Waals surface area contributed by atoms with Crippen LogP contribution in [0.5, 0.6) is 0 Å². The first-order valence-electron chi connectivity index (χ1n) is 7.83. The second-order valence-corrected chi connectivity index (χ2v) is 7.33. The van der Waals surface area contributed by atoms with Gasteiger partial charge in [0.1, 0.15) is 0 Å². The number of carbonyl (C=O) groups excluding carboxylic acids is 1. The van der Waals surface area contributed by atoms with Gasteiger partial charge < -0.3 is 4.90 Å². The molecular weight excluding hydrogens is 292 g/mol. The molecule has 0 radical (unpaired) electrons. The molecule has 0 N–H and O–H groups in total. The van der Waals surface area contributed by atoms with Crippen LogP contribution in [0.1, 0.15) is 30.8 Å². The number of rotatable bonds is 5. The predicted molar refractivity (Wildman–Crippen MR) is 90.0 cm³/mol. The average Bonchev–Trinajstić information content (AvgIpc) is 2.98. The van der Waals surface area contributed by atoms with Crippen LogP contribution >= 0.6 is 11.3 Å². The van der Waals surface area contributed by atoms with Gasteiger partial charge in [-0.2, -0.15) is 0 Å². The van der Waals surface area contributed by atoms with Crippen LogP contribution in [0, 0.1) is 5.92 Å². The molecule has 0 saturated carbocycles. The second kappa shape index (κ2) is 6.21. The van der Waals surface area contributed by atoms with Crippen molar-refractivity contribution in [3.63, 3.8) is 0 Å². The van der Waals surface area contributed by atoms with E-state index in [-0.39, 0.29) is 11.3 Å². The topological polar surface area (TPSA) is 33.2 Å². The van der Waals surface area contributed by atoms with Crippen LogP contribution in [0.3, 0.4) is 0 Å². The van der Waals surface area contributed by atoms with E-state index in [2.05, 4.69) is 43.1 Å². The van der Waals surface area contributed by atoms with Gasteiger partial charge in [-0.15, -0.1) is 11.3 Å². The number of hydrogen-bond donors (Lipinski definition) is 0. The molecule has 116 valence electrons. The third-order valence-corrected chi connectivity index (χ3v) is 5.63. The summed E-state index contributed by atoms with van der Waals surface area (Å²) < 4.78 is 0. The fraction of sp³-hybridized carbons (Fsp3) is 0.444. The molecule has 4 heteroatoms. The standard InChI is InChI=1S/C18H22N2OS/c1-14(2)18(15-6-4-3-5-7-15)12-20(13-18)17(21)9-8-16-19-10-11-22-16/h3-7,10-11,14H,8-9,12-13H2,1-2H3. The van der Waals surface area contributed by atoms with Gasteiger partial charge in [0.2, 0.25) is 5.91 Å². The van der Waals surface area contributed by atoms with E-state index < -0.39 is 0 Å². The van der Waals surface area contributed by atoms with Crippen LogP contribution in [0.25, 0.3) is 0 Å². The van der Waals surface area contributed by atoms with E-state index in [9.17, 15) is 4.79 Å². The number of aryl methyl sites for hydroxylation is 1. The summed E-state index contributed by atoms with van der Waals surface area (Å²) in [7, 11) is 0. The van der Waals surface area contributed by atoms with Gasteiger partial charge in [0.25, 0.3) is 0 Å². The summed E-state index contributed by atoms with van der Waals surface area (Å²) >= 11 is 1.62. The largest absolute Gasteiger partial charge is 0.341 e. The zero-order valence-electron chi connectivity index (χ0n) is 13.2. The summed E-state index contributed by atoms with van der Waals surface area (Å²) in [5.74, 6) is 0.778. The minimum atomic E-state index is 0.123. The molecule has 1 amide bonds. The first-order chi connectivity index (χ1) is 10.6. The molecule has 2 aromatic rings. The normalized spacial score (nSPS) is 16.6. The van der Waals surface area contributed by atoms with Crippen LogP contribution in [-0.2, 0) is 16.6 Å². The zero-order valence-corrected chi connectivity index (χ0v) is 14.0. The van der Waals surface area contributed by atoms with Crippen molar-refractivity contribution < 1.29 is 4.79 Å². The van der Waals surface area contributed by atoms with Crippen molar-refractivity contribution in [1.29, 1.82) is 0 Å². The van der Waals surface area contributed by atoms with Crippen molar-refractivity contribution in [2.24, 2.45) is 5.92 Å². The Morgan fingerprint density at radius 2 is 2.05 bits per heavy atom. The van der Waals surface area contributed by atoms with Gasteiger partial charge in [-0.25, -0.2) is 4.98 Å². The first kappa shape index (κ1) is 15.2. The molecule has 22 heavy (non-hydrogen) atoms. The molecule has 0 unspecified atom stereocenters. The maximum atomic E-state index is 12.4. The van der Waals surface area contributed by atoms with E-state index in [1.54, 1.807) is 17.5 Å². The summed E-state index contributed by atoms with van der Waals surface area (Å²) in [6.45, 7) is 6.19.